The van der Waals surface area contributed by atoms with E-state index >= 15 is 0 Å². The normalized spacial score (nSPS) is 11.5. The monoisotopic (exact) mass is 804 g/mol. The van der Waals surface area contributed by atoms with E-state index < -0.39 is 0 Å². The first kappa shape index (κ1) is 36.5. The predicted molar refractivity (Wildman–Crippen MR) is 264 cm³/mol. The van der Waals surface area contributed by atoms with Gasteiger partial charge < -0.3 is 13.9 Å². The zero-order valence-electron chi connectivity index (χ0n) is 34.4. The van der Waals surface area contributed by atoms with Crippen LogP contribution in [-0.2, 0) is 0 Å². The number of hydrogen-bond acceptors (Lipinski definition) is 2. The SMILES string of the molecule is c1ccc(-c2ccc(-c3ccccc3-n3c4ccccc4c4ccc(N(c5ccccc5)c5ccc(-c6cccc7c6oc6ccccc67)cc5-c5ccccc5)cc43)cc2)cc1. The molecule has 0 spiro atoms. The molecule has 3 heteroatoms. The van der Waals surface area contributed by atoms with Gasteiger partial charge in [-0.15, -0.1) is 0 Å². The first-order chi connectivity index (χ1) is 31.3. The third kappa shape index (κ3) is 6.29. The van der Waals surface area contributed by atoms with Gasteiger partial charge in [-0.3, -0.25) is 0 Å². The van der Waals surface area contributed by atoms with Crippen molar-refractivity contribution in [3.05, 3.63) is 243 Å². The van der Waals surface area contributed by atoms with Crippen LogP contribution in [0.2, 0.25) is 0 Å². The van der Waals surface area contributed by atoms with Gasteiger partial charge >= 0.3 is 0 Å². The maximum atomic E-state index is 6.56. The molecule has 0 saturated heterocycles. The molecule has 0 aliphatic heterocycles. The van der Waals surface area contributed by atoms with Crippen LogP contribution in [0.4, 0.5) is 17.1 Å². The Labute approximate surface area is 366 Å². The Bertz CT molecular complexity index is 3600. The molecule has 2 heterocycles. The van der Waals surface area contributed by atoms with Gasteiger partial charge in [-0.25, -0.2) is 0 Å². The van der Waals surface area contributed by atoms with Crippen LogP contribution < -0.4 is 4.90 Å². The first-order valence-electron chi connectivity index (χ1n) is 21.5. The molecule has 63 heavy (non-hydrogen) atoms. The molecule has 0 radical (unpaired) electrons. The lowest BCUT2D eigenvalue weighted by Gasteiger charge is -2.28. The molecule has 0 fully saturated rings. The van der Waals surface area contributed by atoms with Crippen LogP contribution in [-0.4, -0.2) is 4.57 Å². The summed E-state index contributed by atoms with van der Waals surface area (Å²) in [5, 5.41) is 4.66. The second-order valence-corrected chi connectivity index (χ2v) is 16.1. The second-order valence-electron chi connectivity index (χ2n) is 16.1. The third-order valence-corrected chi connectivity index (χ3v) is 12.4. The van der Waals surface area contributed by atoms with Crippen LogP contribution in [0.3, 0.4) is 0 Å². The highest BCUT2D eigenvalue weighted by molar-refractivity contribution is 6.12. The molecule has 0 atom stereocenters. The average molecular weight is 805 g/mol. The molecule has 296 valence electrons. The number of nitrogens with zero attached hydrogens (tertiary/aromatic N) is 2. The van der Waals surface area contributed by atoms with Crippen molar-refractivity contribution in [1.29, 1.82) is 0 Å². The summed E-state index contributed by atoms with van der Waals surface area (Å²) in [6.45, 7) is 0. The topological polar surface area (TPSA) is 21.3 Å². The van der Waals surface area contributed by atoms with Crippen molar-refractivity contribution in [1.82, 2.24) is 4.57 Å². The van der Waals surface area contributed by atoms with Crippen molar-refractivity contribution in [2.24, 2.45) is 0 Å². The highest BCUT2D eigenvalue weighted by Gasteiger charge is 2.22. The average Bonchev–Trinajstić information content (AvgIpc) is 3.91. The summed E-state index contributed by atoms with van der Waals surface area (Å²) in [7, 11) is 0. The zero-order chi connectivity index (χ0) is 41.7. The fourth-order valence-electron chi connectivity index (χ4n) is 9.47. The molecule has 0 aliphatic rings. The summed E-state index contributed by atoms with van der Waals surface area (Å²) in [5.74, 6) is 0. The van der Waals surface area contributed by atoms with E-state index in [1.165, 1.54) is 38.5 Å². The van der Waals surface area contributed by atoms with Gasteiger partial charge in [0.2, 0.25) is 0 Å². The molecule has 2 aromatic heterocycles. The van der Waals surface area contributed by atoms with E-state index in [2.05, 4.69) is 240 Å². The van der Waals surface area contributed by atoms with Crippen LogP contribution in [0.25, 0.3) is 93.9 Å². The first-order valence-corrected chi connectivity index (χ1v) is 21.5. The Balaban J connectivity index is 1.06. The molecule has 0 bridgehead atoms. The van der Waals surface area contributed by atoms with Crippen LogP contribution in [0, 0.1) is 0 Å². The quantitative estimate of drug-likeness (QED) is 0.153. The zero-order valence-corrected chi connectivity index (χ0v) is 34.4. The van der Waals surface area contributed by atoms with Gasteiger partial charge in [-0.1, -0.05) is 188 Å². The molecule has 0 saturated carbocycles. The Morgan fingerprint density at radius 2 is 0.889 bits per heavy atom. The van der Waals surface area contributed by atoms with E-state index in [1.807, 2.05) is 12.1 Å². The number of fused-ring (bicyclic) bond motifs is 6. The number of rotatable bonds is 8. The highest BCUT2D eigenvalue weighted by Crippen LogP contribution is 2.46. The number of hydrogen-bond donors (Lipinski definition) is 0. The van der Waals surface area contributed by atoms with E-state index in [1.54, 1.807) is 0 Å². The minimum Gasteiger partial charge on any atom is -0.455 e. The Kier molecular flexibility index (Phi) is 8.83. The molecule has 12 rings (SSSR count). The largest absolute Gasteiger partial charge is 0.455 e. The number of aromatic nitrogens is 1. The molecular formula is C60H40N2O. The van der Waals surface area contributed by atoms with Crippen LogP contribution >= 0.6 is 0 Å². The van der Waals surface area contributed by atoms with Crippen molar-refractivity contribution < 1.29 is 4.42 Å². The second kappa shape index (κ2) is 15.3. The number of benzene rings is 10. The third-order valence-electron chi connectivity index (χ3n) is 12.4. The van der Waals surface area contributed by atoms with Crippen molar-refractivity contribution in [2.75, 3.05) is 4.90 Å². The molecule has 3 nitrogen and oxygen atoms in total. The molecule has 0 amide bonds. The summed E-state index contributed by atoms with van der Waals surface area (Å²) < 4.78 is 9.01. The molecular weight excluding hydrogens is 765 g/mol. The van der Waals surface area contributed by atoms with Gasteiger partial charge in [0.1, 0.15) is 11.2 Å². The fourth-order valence-corrected chi connectivity index (χ4v) is 9.47. The lowest BCUT2D eigenvalue weighted by Crippen LogP contribution is -2.11. The van der Waals surface area contributed by atoms with Gasteiger partial charge in [0.15, 0.2) is 0 Å². The molecule has 12 aromatic rings. The Hall–Kier alpha value is -8.40. The van der Waals surface area contributed by atoms with E-state index in [9.17, 15) is 0 Å². The minimum absolute atomic E-state index is 0.895. The van der Waals surface area contributed by atoms with E-state index in [0.717, 1.165) is 72.5 Å². The van der Waals surface area contributed by atoms with Crippen LogP contribution in [0.5, 0.6) is 0 Å². The Morgan fingerprint density at radius 1 is 0.317 bits per heavy atom. The molecule has 0 N–H and O–H groups in total. The maximum Gasteiger partial charge on any atom is 0.143 e. The summed E-state index contributed by atoms with van der Waals surface area (Å²) in [6, 6.07) is 87.1. The van der Waals surface area contributed by atoms with E-state index in [0.29, 0.717) is 0 Å². The smallest absolute Gasteiger partial charge is 0.143 e. The minimum atomic E-state index is 0.895. The predicted octanol–water partition coefficient (Wildman–Crippen LogP) is 16.8. The van der Waals surface area contributed by atoms with Crippen molar-refractivity contribution in [3.63, 3.8) is 0 Å². The van der Waals surface area contributed by atoms with Crippen LogP contribution in [0.15, 0.2) is 247 Å². The summed E-state index contributed by atoms with van der Waals surface area (Å²) in [5.41, 5.74) is 17.6. The fraction of sp³-hybridized carbons (Fsp3) is 0. The lowest BCUT2D eigenvalue weighted by atomic mass is 9.95. The Morgan fingerprint density at radius 3 is 1.70 bits per heavy atom. The van der Waals surface area contributed by atoms with Gasteiger partial charge in [0, 0.05) is 49.6 Å². The van der Waals surface area contributed by atoms with Crippen molar-refractivity contribution in [3.8, 4) is 50.2 Å². The maximum absolute atomic E-state index is 6.56. The van der Waals surface area contributed by atoms with E-state index in [-0.39, 0.29) is 0 Å². The number of furan rings is 1. The number of para-hydroxylation sites is 5. The number of anilines is 3. The summed E-state index contributed by atoms with van der Waals surface area (Å²) >= 11 is 0. The van der Waals surface area contributed by atoms with Crippen molar-refractivity contribution in [2.45, 2.75) is 0 Å². The van der Waals surface area contributed by atoms with Gasteiger partial charge in [0.25, 0.3) is 0 Å². The molecule has 0 aliphatic carbocycles. The van der Waals surface area contributed by atoms with Crippen molar-refractivity contribution >= 4 is 60.8 Å². The van der Waals surface area contributed by atoms with Gasteiger partial charge in [-0.2, -0.15) is 0 Å². The highest BCUT2D eigenvalue weighted by atomic mass is 16.3. The molecule has 10 aromatic carbocycles. The molecule has 0 unspecified atom stereocenters. The summed E-state index contributed by atoms with van der Waals surface area (Å²) in [4.78, 5) is 2.41. The van der Waals surface area contributed by atoms with Gasteiger partial charge in [-0.05, 0) is 82.4 Å². The lowest BCUT2D eigenvalue weighted by molar-refractivity contribution is 0.670. The standard InChI is InChI=1S/C60H40N2O/c1-4-17-41(18-5-1)42-31-33-44(34-32-42)48-23-10-13-28-55(48)62-56-29-14-11-24-50(56)51-37-36-47(40-58(51)62)61(46-21-8-3-9-22-46)57-38-35-45(39-54(57)43-19-6-2-7-20-43)49-26-16-27-53-52-25-12-15-30-59(52)63-60(49)53/h1-40H. The summed E-state index contributed by atoms with van der Waals surface area (Å²) in [6.07, 6.45) is 0. The van der Waals surface area contributed by atoms with Gasteiger partial charge in [0.05, 0.1) is 22.4 Å². The van der Waals surface area contributed by atoms with E-state index in [4.69, 9.17) is 4.42 Å². The van der Waals surface area contributed by atoms with Crippen LogP contribution in [0.1, 0.15) is 0 Å².